The summed E-state index contributed by atoms with van der Waals surface area (Å²) >= 11 is 0. The predicted molar refractivity (Wildman–Crippen MR) is 159 cm³/mol. The van der Waals surface area contributed by atoms with Gasteiger partial charge in [-0.25, -0.2) is 4.99 Å². The van der Waals surface area contributed by atoms with Crippen molar-refractivity contribution in [3.8, 4) is 0 Å². The molecule has 2 aliphatic carbocycles. The molecule has 37 heavy (non-hydrogen) atoms. The molecule has 1 fully saturated rings. The Kier molecular flexibility index (Phi) is 11.6. The van der Waals surface area contributed by atoms with Crippen molar-refractivity contribution in [3.63, 3.8) is 0 Å². The monoisotopic (exact) mass is 501 g/mol. The number of benzene rings is 1. The Morgan fingerprint density at radius 1 is 0.784 bits per heavy atom. The van der Waals surface area contributed by atoms with E-state index >= 15 is 0 Å². The van der Waals surface area contributed by atoms with Crippen LogP contribution in [0.2, 0.25) is 0 Å². The second kappa shape index (κ2) is 15.4. The Morgan fingerprint density at radius 3 is 2.19 bits per heavy atom. The lowest BCUT2D eigenvalue weighted by Crippen LogP contribution is -2.21. The smallest absolute Gasteiger partial charge is 0.145 e. The van der Waals surface area contributed by atoms with Gasteiger partial charge < -0.3 is 4.74 Å². The molecular formula is C35H51NO. The Bertz CT molecular complexity index is 951. The molecule has 0 N–H and O–H groups in total. The van der Waals surface area contributed by atoms with Crippen LogP contribution < -0.4 is 0 Å². The number of rotatable bonds is 17. The van der Waals surface area contributed by atoms with Crippen LogP contribution in [-0.2, 0) is 11.3 Å². The first-order valence-corrected chi connectivity index (χ1v) is 15.7. The highest BCUT2D eigenvalue weighted by Gasteiger charge is 2.37. The number of hydrogen-bond donors (Lipinski definition) is 0. The van der Waals surface area contributed by atoms with E-state index < -0.39 is 0 Å². The van der Waals surface area contributed by atoms with Crippen molar-refractivity contribution < 1.29 is 4.74 Å². The van der Waals surface area contributed by atoms with Gasteiger partial charge in [0.25, 0.3) is 0 Å². The molecule has 0 aromatic heterocycles. The number of fused-ring (bicyclic) bond motifs is 2. The lowest BCUT2D eigenvalue weighted by atomic mass is 9.74. The van der Waals surface area contributed by atoms with Crippen molar-refractivity contribution in [1.82, 2.24) is 0 Å². The lowest BCUT2D eigenvalue weighted by molar-refractivity contribution is 0.206. The molecule has 2 unspecified atom stereocenters. The van der Waals surface area contributed by atoms with Crippen LogP contribution in [0.4, 0.5) is 0 Å². The van der Waals surface area contributed by atoms with Gasteiger partial charge in [0.2, 0.25) is 0 Å². The molecule has 0 amide bonds. The van der Waals surface area contributed by atoms with Crippen LogP contribution in [0.1, 0.15) is 129 Å². The van der Waals surface area contributed by atoms with Crippen LogP contribution in [0.15, 0.2) is 70.1 Å². The van der Waals surface area contributed by atoms with Crippen molar-refractivity contribution in [1.29, 1.82) is 0 Å². The number of unbranched alkanes of at least 4 members (excludes halogenated alkanes) is 10. The van der Waals surface area contributed by atoms with Gasteiger partial charge in [0.15, 0.2) is 0 Å². The maximum absolute atomic E-state index is 6.43. The number of nitrogens with zero attached hydrogens (tertiary/aromatic N) is 1. The summed E-state index contributed by atoms with van der Waals surface area (Å²) in [5.74, 6) is 2.19. The third-order valence-corrected chi connectivity index (χ3v) is 8.57. The average molecular weight is 502 g/mol. The highest BCUT2D eigenvalue weighted by atomic mass is 16.5. The second-order valence-corrected chi connectivity index (χ2v) is 11.5. The highest BCUT2D eigenvalue weighted by molar-refractivity contribution is 6.06. The third-order valence-electron chi connectivity index (χ3n) is 8.57. The molecule has 1 aromatic carbocycles. The first-order chi connectivity index (χ1) is 18.3. The highest BCUT2D eigenvalue weighted by Crippen LogP contribution is 2.47. The van der Waals surface area contributed by atoms with Crippen molar-refractivity contribution >= 4 is 5.71 Å². The summed E-state index contributed by atoms with van der Waals surface area (Å²) in [5.41, 5.74) is 6.97. The van der Waals surface area contributed by atoms with E-state index in [1.165, 1.54) is 120 Å². The van der Waals surface area contributed by atoms with Gasteiger partial charge in [0, 0.05) is 11.6 Å². The molecule has 2 nitrogen and oxygen atoms in total. The van der Waals surface area contributed by atoms with Gasteiger partial charge in [-0.05, 0) is 60.8 Å². The van der Waals surface area contributed by atoms with E-state index in [9.17, 15) is 0 Å². The van der Waals surface area contributed by atoms with Gasteiger partial charge >= 0.3 is 0 Å². The molecule has 2 heteroatoms. The quantitative estimate of drug-likeness (QED) is 0.194. The Labute approximate surface area is 227 Å². The minimum absolute atomic E-state index is 0.506. The average Bonchev–Trinajstić information content (AvgIpc) is 3.33. The molecule has 0 radical (unpaired) electrons. The fourth-order valence-corrected chi connectivity index (χ4v) is 6.48. The topological polar surface area (TPSA) is 21.6 Å². The Balaban J connectivity index is 1.48. The third kappa shape index (κ3) is 7.95. The van der Waals surface area contributed by atoms with Crippen LogP contribution in [0, 0.1) is 11.8 Å². The van der Waals surface area contributed by atoms with E-state index in [1.54, 1.807) is 11.1 Å². The van der Waals surface area contributed by atoms with Gasteiger partial charge in [-0.1, -0.05) is 127 Å². The van der Waals surface area contributed by atoms with Gasteiger partial charge in [-0.15, -0.1) is 0 Å². The van der Waals surface area contributed by atoms with Crippen molar-refractivity contribution in [2.75, 3.05) is 0 Å². The Hall–Kier alpha value is -2.09. The van der Waals surface area contributed by atoms with E-state index in [4.69, 9.17) is 9.73 Å². The maximum Gasteiger partial charge on any atom is 0.145 e. The van der Waals surface area contributed by atoms with E-state index in [2.05, 4.69) is 56.3 Å². The summed E-state index contributed by atoms with van der Waals surface area (Å²) in [4.78, 5) is 5.31. The van der Waals surface area contributed by atoms with Crippen LogP contribution in [0.3, 0.4) is 0 Å². The molecule has 3 aliphatic rings. The fourth-order valence-electron chi connectivity index (χ4n) is 6.48. The Morgan fingerprint density at radius 2 is 1.46 bits per heavy atom. The van der Waals surface area contributed by atoms with Crippen LogP contribution in [-0.4, -0.2) is 5.71 Å². The largest absolute Gasteiger partial charge is 0.487 e. The van der Waals surface area contributed by atoms with Crippen LogP contribution in [0.5, 0.6) is 0 Å². The standard InChI is InChI=1S/C35H51NO/c1-3-5-7-9-11-16-21-29-23-18-24-31-33(29)34-30(22-17-12-10-8-6-4-2)25-26-32(35(34)36-31)37-27-28-19-14-13-15-20-28/h13-15,19-20,25-26,29-30H,3-12,16-18,21-24,27H2,1-2H3. The molecule has 2 atom stereocenters. The van der Waals surface area contributed by atoms with Crippen molar-refractivity contribution in [3.05, 3.63) is 70.6 Å². The minimum Gasteiger partial charge on any atom is -0.487 e. The lowest BCUT2D eigenvalue weighted by Gasteiger charge is -2.29. The minimum atomic E-state index is 0.506. The van der Waals surface area contributed by atoms with E-state index in [-0.39, 0.29) is 0 Å². The fraction of sp³-hybridized carbons (Fsp3) is 0.629. The number of aliphatic imine (C=N–C) groups is 1. The van der Waals surface area contributed by atoms with Crippen molar-refractivity contribution in [2.24, 2.45) is 16.8 Å². The zero-order chi connectivity index (χ0) is 25.7. The zero-order valence-electron chi connectivity index (χ0n) is 23.8. The summed E-state index contributed by atoms with van der Waals surface area (Å²) in [5, 5.41) is 0. The van der Waals surface area contributed by atoms with Gasteiger partial charge in [-0.3, -0.25) is 0 Å². The number of allylic oxidation sites excluding steroid dienone is 4. The summed E-state index contributed by atoms with van der Waals surface area (Å²) in [6.07, 6.45) is 27.5. The van der Waals surface area contributed by atoms with Crippen LogP contribution >= 0.6 is 0 Å². The molecule has 4 rings (SSSR count). The molecule has 0 saturated heterocycles. The molecular weight excluding hydrogens is 450 g/mol. The molecule has 0 spiro atoms. The summed E-state index contributed by atoms with van der Waals surface area (Å²) in [7, 11) is 0. The number of hydrogen-bond acceptors (Lipinski definition) is 2. The zero-order valence-corrected chi connectivity index (χ0v) is 23.8. The second-order valence-electron chi connectivity index (χ2n) is 11.5. The first kappa shape index (κ1) is 27.9. The van der Waals surface area contributed by atoms with Crippen molar-refractivity contribution in [2.45, 2.75) is 130 Å². The molecule has 1 heterocycles. The molecule has 0 bridgehead atoms. The van der Waals surface area contributed by atoms with Gasteiger partial charge in [0.05, 0.1) is 0 Å². The molecule has 1 saturated carbocycles. The summed E-state index contributed by atoms with van der Waals surface area (Å²) in [6, 6.07) is 10.5. The van der Waals surface area contributed by atoms with Crippen LogP contribution in [0.25, 0.3) is 0 Å². The predicted octanol–water partition coefficient (Wildman–Crippen LogP) is 10.7. The van der Waals surface area contributed by atoms with Gasteiger partial charge in [-0.2, -0.15) is 0 Å². The van der Waals surface area contributed by atoms with E-state index in [1.807, 2.05) is 0 Å². The van der Waals surface area contributed by atoms with Gasteiger partial charge in [0.1, 0.15) is 18.1 Å². The molecule has 1 aliphatic heterocycles. The maximum atomic E-state index is 6.43. The summed E-state index contributed by atoms with van der Waals surface area (Å²) in [6.45, 7) is 5.22. The normalized spacial score (nSPS) is 20.8. The van der Waals surface area contributed by atoms with E-state index in [0.29, 0.717) is 18.4 Å². The number of ether oxygens (including phenoxy) is 1. The first-order valence-electron chi connectivity index (χ1n) is 15.7. The molecule has 202 valence electrons. The SMILES string of the molecule is CCCCCCCCC1C=CC(OCc2ccccc2)=C2N=C3CCCC(CCCCCCCC)C3=C21. The van der Waals surface area contributed by atoms with E-state index in [0.717, 1.165) is 12.2 Å². The summed E-state index contributed by atoms with van der Waals surface area (Å²) < 4.78 is 6.43. The molecule has 1 aromatic rings.